The lowest BCUT2D eigenvalue weighted by atomic mass is 9.87. The molecule has 0 amide bonds. The fourth-order valence-electron chi connectivity index (χ4n) is 2.87. The number of benzene rings is 1. The summed E-state index contributed by atoms with van der Waals surface area (Å²) in [4.78, 5) is 4.21. The second-order valence-electron chi connectivity index (χ2n) is 5.56. The molecule has 1 aromatic heterocycles. The third-order valence-corrected chi connectivity index (χ3v) is 4.39. The van der Waals surface area contributed by atoms with Crippen LogP contribution in [0.4, 0.5) is 0 Å². The lowest BCUT2D eigenvalue weighted by molar-refractivity contribution is -0.116. The van der Waals surface area contributed by atoms with Gasteiger partial charge in [-0.15, -0.1) is 0 Å². The summed E-state index contributed by atoms with van der Waals surface area (Å²) >= 11 is 5.90. The van der Waals surface area contributed by atoms with Gasteiger partial charge in [0.25, 0.3) is 0 Å². The average Bonchev–Trinajstić information content (AvgIpc) is 2.57. The Morgan fingerprint density at radius 3 is 2.55 bits per heavy atom. The van der Waals surface area contributed by atoms with Crippen LogP contribution in [-0.4, -0.2) is 24.8 Å². The minimum absolute atomic E-state index is 0.301. The Kier molecular flexibility index (Phi) is 5.08. The van der Waals surface area contributed by atoms with Crippen molar-refractivity contribution in [2.75, 3.05) is 19.8 Å². The monoisotopic (exact) mass is 317 g/mol. The van der Waals surface area contributed by atoms with Crippen molar-refractivity contribution < 1.29 is 9.47 Å². The summed E-state index contributed by atoms with van der Waals surface area (Å²) in [6.45, 7) is 2.12. The first kappa shape index (κ1) is 15.5. The Morgan fingerprint density at radius 2 is 1.86 bits per heavy atom. The van der Waals surface area contributed by atoms with Gasteiger partial charge >= 0.3 is 0 Å². The number of rotatable bonds is 5. The normalized spacial score (nSPS) is 17.3. The zero-order valence-corrected chi connectivity index (χ0v) is 13.3. The van der Waals surface area contributed by atoms with E-state index in [1.165, 1.54) is 5.56 Å². The first-order valence-electron chi connectivity index (χ1n) is 7.66. The summed E-state index contributed by atoms with van der Waals surface area (Å²) in [5.74, 6) is 0. The standard InChI is InChI=1S/C18H20ClNO2/c19-17-7-6-16(14-20-17)18(9-12-21-13-10-18)22-11-8-15-4-2-1-3-5-15/h1-7,14H,8-13H2. The van der Waals surface area contributed by atoms with Crippen molar-refractivity contribution in [3.05, 3.63) is 64.9 Å². The molecule has 1 saturated heterocycles. The highest BCUT2D eigenvalue weighted by Crippen LogP contribution is 2.36. The summed E-state index contributed by atoms with van der Waals surface area (Å²) < 4.78 is 11.8. The van der Waals surface area contributed by atoms with Gasteiger partial charge in [0.15, 0.2) is 0 Å². The number of pyridine rings is 1. The molecule has 0 bridgehead atoms. The van der Waals surface area contributed by atoms with E-state index in [9.17, 15) is 0 Å². The molecule has 22 heavy (non-hydrogen) atoms. The molecule has 0 atom stereocenters. The molecular weight excluding hydrogens is 298 g/mol. The number of aromatic nitrogens is 1. The van der Waals surface area contributed by atoms with Crippen molar-refractivity contribution in [1.29, 1.82) is 0 Å². The van der Waals surface area contributed by atoms with Crippen LogP contribution in [0.15, 0.2) is 48.7 Å². The summed E-state index contributed by atoms with van der Waals surface area (Å²) in [6.07, 6.45) is 4.44. The van der Waals surface area contributed by atoms with Crippen molar-refractivity contribution >= 4 is 11.6 Å². The van der Waals surface area contributed by atoms with Crippen LogP contribution >= 0.6 is 11.6 Å². The molecule has 3 rings (SSSR count). The van der Waals surface area contributed by atoms with Crippen molar-refractivity contribution in [2.24, 2.45) is 0 Å². The van der Waals surface area contributed by atoms with Crippen molar-refractivity contribution in [2.45, 2.75) is 24.9 Å². The van der Waals surface area contributed by atoms with Gasteiger partial charge in [-0.05, 0) is 18.1 Å². The molecule has 2 aromatic rings. The number of hydrogen-bond donors (Lipinski definition) is 0. The van der Waals surface area contributed by atoms with E-state index in [-0.39, 0.29) is 5.60 Å². The van der Waals surface area contributed by atoms with Crippen LogP contribution in [0, 0.1) is 0 Å². The maximum Gasteiger partial charge on any atom is 0.129 e. The third-order valence-electron chi connectivity index (χ3n) is 4.17. The Bertz CT molecular complexity index is 580. The molecule has 1 aromatic carbocycles. The van der Waals surface area contributed by atoms with Gasteiger partial charge in [0, 0.05) is 37.8 Å². The quantitative estimate of drug-likeness (QED) is 0.781. The highest BCUT2D eigenvalue weighted by atomic mass is 35.5. The first-order valence-corrected chi connectivity index (χ1v) is 8.04. The Hall–Kier alpha value is -1.42. The number of ether oxygens (including phenoxy) is 2. The predicted octanol–water partition coefficient (Wildman–Crippen LogP) is 4.00. The van der Waals surface area contributed by atoms with Gasteiger partial charge in [-0.25, -0.2) is 4.98 Å². The molecule has 4 heteroatoms. The summed E-state index contributed by atoms with van der Waals surface area (Å²) in [5.41, 5.74) is 2.08. The predicted molar refractivity (Wildman–Crippen MR) is 87.1 cm³/mol. The minimum Gasteiger partial charge on any atom is -0.381 e. The molecule has 0 spiro atoms. The Balaban J connectivity index is 1.70. The molecule has 0 radical (unpaired) electrons. The highest BCUT2D eigenvalue weighted by Gasteiger charge is 2.35. The van der Waals surface area contributed by atoms with Crippen LogP contribution in [0.3, 0.4) is 0 Å². The van der Waals surface area contributed by atoms with Gasteiger partial charge in [0.1, 0.15) is 5.15 Å². The van der Waals surface area contributed by atoms with E-state index in [1.807, 2.05) is 24.4 Å². The van der Waals surface area contributed by atoms with Gasteiger partial charge in [-0.1, -0.05) is 48.0 Å². The molecule has 1 aliphatic heterocycles. The van der Waals surface area contributed by atoms with Gasteiger partial charge in [-0.3, -0.25) is 0 Å². The average molecular weight is 318 g/mol. The molecule has 0 aliphatic carbocycles. The fourth-order valence-corrected chi connectivity index (χ4v) is 2.98. The van der Waals surface area contributed by atoms with E-state index in [2.05, 4.69) is 29.2 Å². The molecule has 0 unspecified atom stereocenters. The van der Waals surface area contributed by atoms with Crippen LogP contribution < -0.4 is 0 Å². The maximum absolute atomic E-state index is 6.34. The molecule has 3 nitrogen and oxygen atoms in total. The first-order chi connectivity index (χ1) is 10.8. The van der Waals surface area contributed by atoms with Gasteiger partial charge in [-0.2, -0.15) is 0 Å². The molecule has 1 aliphatic rings. The second kappa shape index (κ2) is 7.23. The van der Waals surface area contributed by atoms with Crippen LogP contribution in [-0.2, 0) is 21.5 Å². The second-order valence-corrected chi connectivity index (χ2v) is 5.95. The van der Waals surface area contributed by atoms with E-state index in [1.54, 1.807) is 0 Å². The van der Waals surface area contributed by atoms with E-state index in [4.69, 9.17) is 21.1 Å². The van der Waals surface area contributed by atoms with Gasteiger partial charge in [0.2, 0.25) is 0 Å². The summed E-state index contributed by atoms with van der Waals surface area (Å²) in [7, 11) is 0. The largest absolute Gasteiger partial charge is 0.381 e. The Morgan fingerprint density at radius 1 is 1.09 bits per heavy atom. The lowest BCUT2D eigenvalue weighted by Crippen LogP contribution is -2.37. The van der Waals surface area contributed by atoms with Crippen LogP contribution in [0.2, 0.25) is 5.15 Å². The molecule has 2 heterocycles. The summed E-state index contributed by atoms with van der Waals surface area (Å²) in [5, 5.41) is 0.509. The highest BCUT2D eigenvalue weighted by molar-refractivity contribution is 6.29. The number of nitrogens with zero attached hydrogens (tertiary/aromatic N) is 1. The molecule has 116 valence electrons. The van der Waals surface area contributed by atoms with Crippen molar-refractivity contribution in [3.63, 3.8) is 0 Å². The fraction of sp³-hybridized carbons (Fsp3) is 0.389. The van der Waals surface area contributed by atoms with Crippen LogP contribution in [0.1, 0.15) is 24.0 Å². The zero-order chi connectivity index (χ0) is 15.3. The van der Waals surface area contributed by atoms with Gasteiger partial charge < -0.3 is 9.47 Å². The topological polar surface area (TPSA) is 31.4 Å². The van der Waals surface area contributed by atoms with Crippen LogP contribution in [0.25, 0.3) is 0 Å². The van der Waals surface area contributed by atoms with Crippen LogP contribution in [0.5, 0.6) is 0 Å². The smallest absolute Gasteiger partial charge is 0.129 e. The lowest BCUT2D eigenvalue weighted by Gasteiger charge is -2.37. The van der Waals surface area contributed by atoms with Crippen molar-refractivity contribution in [3.8, 4) is 0 Å². The van der Waals surface area contributed by atoms with E-state index < -0.39 is 0 Å². The molecule has 0 saturated carbocycles. The zero-order valence-electron chi connectivity index (χ0n) is 12.5. The SMILES string of the molecule is Clc1ccc(C2(OCCc3ccccc3)CCOCC2)cn1. The number of halogens is 1. The van der Waals surface area contributed by atoms with Gasteiger partial charge in [0.05, 0.1) is 12.2 Å². The maximum atomic E-state index is 6.34. The molecular formula is C18H20ClNO2. The number of hydrogen-bond acceptors (Lipinski definition) is 3. The van der Waals surface area contributed by atoms with Crippen molar-refractivity contribution in [1.82, 2.24) is 4.98 Å². The molecule has 1 fully saturated rings. The molecule has 0 N–H and O–H groups in total. The minimum atomic E-state index is -0.301. The van der Waals surface area contributed by atoms with E-state index in [0.29, 0.717) is 25.0 Å². The third kappa shape index (κ3) is 3.67. The Labute approximate surface area is 136 Å². The van der Waals surface area contributed by atoms with E-state index in [0.717, 1.165) is 24.8 Å². The van der Waals surface area contributed by atoms with E-state index >= 15 is 0 Å². The summed E-state index contributed by atoms with van der Waals surface area (Å²) in [6, 6.07) is 14.3.